The average molecular weight is 577 g/mol. The first-order valence-corrected chi connectivity index (χ1v) is 12.3. The first-order valence-electron chi connectivity index (χ1n) is 11.9. The number of hydrogen-bond acceptors (Lipinski definition) is 9. The van der Waals surface area contributed by atoms with Gasteiger partial charge < -0.3 is 29.0 Å². The van der Waals surface area contributed by atoms with Gasteiger partial charge in [0.2, 0.25) is 11.8 Å². The minimum atomic E-state index is -4.65. The normalized spacial score (nSPS) is 17.3. The molecule has 5 aromatic heterocycles. The van der Waals surface area contributed by atoms with Gasteiger partial charge in [0.1, 0.15) is 22.3 Å². The number of aliphatic hydroxyl groups is 1. The Morgan fingerprint density at radius 3 is 2.65 bits per heavy atom. The molecule has 0 aromatic carbocycles. The third-order valence-electron chi connectivity index (χ3n) is 6.59. The molecule has 1 aliphatic rings. The van der Waals surface area contributed by atoms with Gasteiger partial charge in [0, 0.05) is 32.7 Å². The van der Waals surface area contributed by atoms with Crippen LogP contribution in [0.25, 0.3) is 16.7 Å². The van der Waals surface area contributed by atoms with Gasteiger partial charge in [0.15, 0.2) is 22.7 Å². The summed E-state index contributed by atoms with van der Waals surface area (Å²) < 4.78 is 55.6. The molecule has 208 valence electrons. The second-order valence-corrected chi connectivity index (χ2v) is 9.60. The van der Waals surface area contributed by atoms with E-state index in [-0.39, 0.29) is 39.7 Å². The zero-order chi connectivity index (χ0) is 28.3. The van der Waals surface area contributed by atoms with Gasteiger partial charge in [-0.05, 0) is 18.9 Å². The lowest BCUT2D eigenvalue weighted by Gasteiger charge is -2.32. The number of aryl methyl sites for hydroxylation is 2. The van der Waals surface area contributed by atoms with Crippen LogP contribution in [0.15, 0.2) is 41.8 Å². The fourth-order valence-electron chi connectivity index (χ4n) is 4.27. The highest BCUT2D eigenvalue weighted by Gasteiger charge is 2.33. The van der Waals surface area contributed by atoms with Crippen LogP contribution in [0.1, 0.15) is 18.4 Å². The van der Waals surface area contributed by atoms with Crippen LogP contribution in [-0.2, 0) is 20.3 Å². The van der Waals surface area contributed by atoms with Gasteiger partial charge in [-0.25, -0.2) is 14.5 Å². The maximum absolute atomic E-state index is 13.3. The van der Waals surface area contributed by atoms with E-state index in [1.807, 2.05) is 0 Å². The Balaban J connectivity index is 1.35. The van der Waals surface area contributed by atoms with Crippen LogP contribution in [-0.4, -0.2) is 51.0 Å². The molecule has 0 radical (unpaired) electrons. The third kappa shape index (κ3) is 4.36. The Kier molecular flexibility index (Phi) is 6.07. The molecule has 2 N–H and O–H groups in total. The molecule has 1 fully saturated rings. The van der Waals surface area contributed by atoms with Gasteiger partial charge >= 0.3 is 6.18 Å². The van der Waals surface area contributed by atoms with Crippen LogP contribution in [0.2, 0.25) is 5.02 Å². The molecular weight excluding hydrogens is 557 g/mol. The second-order valence-electron chi connectivity index (χ2n) is 9.22. The molecule has 0 saturated heterocycles. The quantitative estimate of drug-likeness (QED) is 0.309. The molecule has 0 bridgehead atoms. The second kappa shape index (κ2) is 9.38. The van der Waals surface area contributed by atoms with Gasteiger partial charge in [0.05, 0.1) is 24.1 Å². The summed E-state index contributed by atoms with van der Waals surface area (Å²) in [7, 11) is 2.78. The van der Waals surface area contributed by atoms with E-state index in [0.717, 1.165) is 4.57 Å². The molecule has 2 atom stereocenters. The number of halogens is 4. The van der Waals surface area contributed by atoms with Crippen LogP contribution in [0.5, 0.6) is 17.4 Å². The maximum Gasteiger partial charge on any atom is 0.417 e. The number of fused-ring (bicyclic) bond motifs is 2. The highest BCUT2D eigenvalue weighted by Crippen LogP contribution is 2.39. The fraction of sp³-hybridized carbons (Fsp3) is 0.292. The SMILES string of the molecule is Cn1cc(C(F)(F)F)cc(Nc2nc3ncc(Oc4cnn5ccnc(O[C@H]6CC[C@@H]6O)c45)c(Cl)c3n2C)c1=O. The molecule has 1 saturated carbocycles. The largest absolute Gasteiger partial charge is 0.470 e. The number of alkyl halides is 3. The predicted octanol–water partition coefficient (Wildman–Crippen LogP) is 3.82. The molecule has 1 aliphatic carbocycles. The van der Waals surface area contributed by atoms with E-state index in [1.54, 1.807) is 13.2 Å². The van der Waals surface area contributed by atoms with E-state index < -0.39 is 29.5 Å². The van der Waals surface area contributed by atoms with Crippen molar-refractivity contribution in [2.24, 2.45) is 14.1 Å². The molecular formula is C24H20ClF3N8O4. The topological polar surface area (TPSA) is 134 Å². The monoisotopic (exact) mass is 576 g/mol. The molecule has 40 heavy (non-hydrogen) atoms. The van der Waals surface area contributed by atoms with Crippen molar-refractivity contribution in [3.63, 3.8) is 0 Å². The first kappa shape index (κ1) is 25.9. The number of imidazole rings is 1. The molecule has 5 heterocycles. The van der Waals surface area contributed by atoms with Crippen molar-refractivity contribution in [3.8, 4) is 17.4 Å². The van der Waals surface area contributed by atoms with Gasteiger partial charge in [-0.2, -0.15) is 23.3 Å². The van der Waals surface area contributed by atoms with E-state index in [2.05, 4.69) is 25.4 Å². The van der Waals surface area contributed by atoms with Crippen molar-refractivity contribution in [1.29, 1.82) is 0 Å². The van der Waals surface area contributed by atoms with E-state index in [4.69, 9.17) is 21.1 Å². The Morgan fingerprint density at radius 2 is 1.95 bits per heavy atom. The van der Waals surface area contributed by atoms with Crippen molar-refractivity contribution in [1.82, 2.24) is 33.7 Å². The molecule has 0 unspecified atom stereocenters. The standard InChI is InChI=1S/C24H20ClF3N8O4/c1-34-10-11(24(26,27)28)7-12(22(34)38)32-23-33-20-19(35(23)2)17(25)15(8-30-20)39-16-9-31-36-6-5-29-21(18(16)36)40-14-4-3-13(14)37/h5-10,13-14,37H,3-4H2,1-2H3,(H,30,32,33)/t13-,14-/m0/s1. The summed E-state index contributed by atoms with van der Waals surface area (Å²) in [6.07, 6.45) is 2.30. The Morgan fingerprint density at radius 1 is 1.15 bits per heavy atom. The summed E-state index contributed by atoms with van der Waals surface area (Å²) in [5.41, 5.74) is -1.14. The summed E-state index contributed by atoms with van der Waals surface area (Å²) in [6.45, 7) is 0. The van der Waals surface area contributed by atoms with Gasteiger partial charge in [-0.3, -0.25) is 4.79 Å². The number of nitrogens with one attached hydrogen (secondary N) is 1. The van der Waals surface area contributed by atoms with Crippen molar-refractivity contribution < 1.29 is 27.8 Å². The van der Waals surface area contributed by atoms with E-state index >= 15 is 0 Å². The average Bonchev–Trinajstić information content (AvgIpc) is 3.46. The fourth-order valence-corrected chi connectivity index (χ4v) is 4.57. The number of aromatic nitrogens is 7. The Bertz CT molecular complexity index is 1830. The van der Waals surface area contributed by atoms with Crippen LogP contribution in [0, 0.1) is 0 Å². The Hall–Kier alpha value is -4.37. The van der Waals surface area contributed by atoms with Crippen LogP contribution in [0.3, 0.4) is 0 Å². The minimum Gasteiger partial charge on any atom is -0.470 e. The van der Waals surface area contributed by atoms with Crippen molar-refractivity contribution in [2.45, 2.75) is 31.2 Å². The number of hydrogen-bond donors (Lipinski definition) is 2. The summed E-state index contributed by atoms with van der Waals surface area (Å²) in [5.74, 6) is 0.645. The number of anilines is 2. The number of rotatable bonds is 6. The van der Waals surface area contributed by atoms with Crippen LogP contribution in [0.4, 0.5) is 24.8 Å². The van der Waals surface area contributed by atoms with Gasteiger partial charge in [-0.15, -0.1) is 0 Å². The highest BCUT2D eigenvalue weighted by atomic mass is 35.5. The maximum atomic E-state index is 13.3. The summed E-state index contributed by atoms with van der Waals surface area (Å²) in [4.78, 5) is 25.3. The lowest BCUT2D eigenvalue weighted by Crippen LogP contribution is -2.41. The summed E-state index contributed by atoms with van der Waals surface area (Å²) in [5, 5.41) is 16.9. The van der Waals surface area contributed by atoms with Crippen molar-refractivity contribution >= 4 is 39.9 Å². The first-order chi connectivity index (χ1) is 19.0. The van der Waals surface area contributed by atoms with Crippen LogP contribution >= 0.6 is 11.6 Å². The highest BCUT2D eigenvalue weighted by molar-refractivity contribution is 6.36. The third-order valence-corrected chi connectivity index (χ3v) is 6.95. The summed E-state index contributed by atoms with van der Waals surface area (Å²) >= 11 is 6.67. The number of aliphatic hydroxyl groups excluding tert-OH is 1. The lowest BCUT2D eigenvalue weighted by atomic mass is 9.92. The van der Waals surface area contributed by atoms with Gasteiger partial charge in [-0.1, -0.05) is 11.6 Å². The lowest BCUT2D eigenvalue weighted by molar-refractivity contribution is -0.138. The summed E-state index contributed by atoms with van der Waals surface area (Å²) in [6, 6.07) is 0.715. The van der Waals surface area contributed by atoms with Crippen molar-refractivity contribution in [3.05, 3.63) is 58.0 Å². The molecule has 0 aliphatic heterocycles. The molecule has 16 heteroatoms. The smallest absolute Gasteiger partial charge is 0.417 e. The zero-order valence-electron chi connectivity index (χ0n) is 20.8. The molecule has 0 amide bonds. The number of ether oxygens (including phenoxy) is 2. The molecule has 6 rings (SSSR count). The van der Waals surface area contributed by atoms with E-state index in [1.165, 1.54) is 34.7 Å². The number of nitrogens with zero attached hydrogens (tertiary/aromatic N) is 7. The zero-order valence-corrected chi connectivity index (χ0v) is 21.6. The predicted molar refractivity (Wildman–Crippen MR) is 136 cm³/mol. The Labute approximate surface area is 227 Å². The van der Waals surface area contributed by atoms with Gasteiger partial charge in [0.25, 0.3) is 5.56 Å². The minimum absolute atomic E-state index is 0.0351. The molecule has 12 nitrogen and oxygen atoms in total. The van der Waals surface area contributed by atoms with E-state index in [0.29, 0.717) is 36.1 Å². The molecule has 0 spiro atoms. The van der Waals surface area contributed by atoms with Crippen molar-refractivity contribution in [2.75, 3.05) is 5.32 Å². The van der Waals surface area contributed by atoms with E-state index in [9.17, 15) is 23.1 Å². The molecule has 5 aromatic rings. The van der Waals surface area contributed by atoms with Crippen LogP contribution < -0.4 is 20.3 Å². The number of pyridine rings is 2.